The van der Waals surface area contributed by atoms with Crippen LogP contribution in [0.15, 0.2) is 36.4 Å². The number of nitrogens with one attached hydrogen (secondary N) is 1. The molecule has 0 bridgehead atoms. The molecule has 0 aliphatic heterocycles. The third-order valence-electron chi connectivity index (χ3n) is 2.61. The number of likely N-dealkylation sites (N-methyl/N-ethyl adjacent to an activating group) is 1. The summed E-state index contributed by atoms with van der Waals surface area (Å²) >= 11 is 0. The Morgan fingerprint density at radius 3 is 2.88 bits per heavy atom. The van der Waals surface area contributed by atoms with Crippen LogP contribution in [0.1, 0.15) is 12.6 Å². The number of carbonyl (C=O) groups is 1. The number of benzene rings is 1. The zero-order valence-corrected chi connectivity index (χ0v) is 9.94. The van der Waals surface area contributed by atoms with Gasteiger partial charge in [0, 0.05) is 11.1 Å². The Morgan fingerprint density at radius 2 is 2.06 bits per heavy atom. The summed E-state index contributed by atoms with van der Waals surface area (Å²) in [5.41, 5.74) is 1.79. The highest BCUT2D eigenvalue weighted by Gasteiger charge is 2.04. The Hall–Kier alpha value is -1.74. The first-order valence-corrected chi connectivity index (χ1v) is 5.86. The number of carbonyl (C=O) groups excluding carboxylic acids is 1. The molecule has 3 nitrogen and oxygen atoms in total. The van der Waals surface area contributed by atoms with E-state index < -0.39 is 0 Å². The zero-order valence-electron chi connectivity index (χ0n) is 9.94. The van der Waals surface area contributed by atoms with E-state index in [1.165, 1.54) is 0 Å². The van der Waals surface area contributed by atoms with Crippen LogP contribution in [-0.4, -0.2) is 23.9 Å². The fourth-order valence-corrected chi connectivity index (χ4v) is 1.74. The van der Waals surface area contributed by atoms with Crippen molar-refractivity contribution < 1.29 is 4.79 Å². The Kier molecular flexibility index (Phi) is 3.83. The van der Waals surface area contributed by atoms with Gasteiger partial charge in [-0.3, -0.25) is 9.78 Å². The van der Waals surface area contributed by atoms with Gasteiger partial charge in [0.1, 0.15) is 0 Å². The molecule has 0 atom stereocenters. The van der Waals surface area contributed by atoms with Crippen molar-refractivity contribution in [2.45, 2.75) is 13.3 Å². The molecular formula is C14H16N2O. The van der Waals surface area contributed by atoms with Gasteiger partial charge in [0.05, 0.1) is 18.5 Å². The van der Waals surface area contributed by atoms with Crippen LogP contribution in [0.2, 0.25) is 0 Å². The summed E-state index contributed by atoms with van der Waals surface area (Å²) in [5, 5.41) is 4.13. The van der Waals surface area contributed by atoms with E-state index in [2.05, 4.69) is 10.3 Å². The number of Topliss-reactive ketones (excluding diaryl/α,β-unsaturated/α-hetero) is 1. The number of nitrogens with zero attached hydrogens (tertiary/aromatic N) is 1. The average molecular weight is 228 g/mol. The Morgan fingerprint density at radius 1 is 1.24 bits per heavy atom. The van der Waals surface area contributed by atoms with Gasteiger partial charge in [-0.1, -0.05) is 31.2 Å². The van der Waals surface area contributed by atoms with Crippen LogP contribution in [0.4, 0.5) is 0 Å². The van der Waals surface area contributed by atoms with Crippen molar-refractivity contribution in [3.63, 3.8) is 0 Å². The molecule has 3 heteroatoms. The summed E-state index contributed by atoms with van der Waals surface area (Å²) in [6.45, 7) is 3.23. The fraction of sp³-hybridized carbons (Fsp3) is 0.286. The van der Waals surface area contributed by atoms with E-state index in [1.54, 1.807) is 0 Å². The zero-order chi connectivity index (χ0) is 12.1. The summed E-state index contributed by atoms with van der Waals surface area (Å²) in [7, 11) is 0. The van der Waals surface area contributed by atoms with Crippen molar-refractivity contribution >= 4 is 16.7 Å². The molecule has 1 heterocycles. The maximum absolute atomic E-state index is 11.6. The molecule has 2 aromatic rings. The molecule has 0 spiro atoms. The molecule has 0 amide bonds. The van der Waals surface area contributed by atoms with Crippen LogP contribution in [0.25, 0.3) is 10.9 Å². The normalized spacial score (nSPS) is 10.6. The number of aromatic nitrogens is 1. The van der Waals surface area contributed by atoms with Crippen molar-refractivity contribution in [3.8, 4) is 0 Å². The second-order valence-electron chi connectivity index (χ2n) is 3.99. The minimum absolute atomic E-state index is 0.176. The number of fused-ring (bicyclic) bond motifs is 1. The number of ketones is 1. The lowest BCUT2D eigenvalue weighted by Gasteiger charge is -2.03. The number of rotatable bonds is 5. The lowest BCUT2D eigenvalue weighted by atomic mass is 10.1. The third-order valence-corrected chi connectivity index (χ3v) is 2.61. The van der Waals surface area contributed by atoms with E-state index in [-0.39, 0.29) is 5.78 Å². The first-order chi connectivity index (χ1) is 8.29. The molecule has 0 fully saturated rings. The Labute approximate surface area is 101 Å². The summed E-state index contributed by atoms with van der Waals surface area (Å²) in [4.78, 5) is 16.1. The quantitative estimate of drug-likeness (QED) is 0.850. The van der Waals surface area contributed by atoms with Gasteiger partial charge in [-0.05, 0) is 18.7 Å². The highest BCUT2D eigenvalue weighted by atomic mass is 16.1. The summed E-state index contributed by atoms with van der Waals surface area (Å²) in [6, 6.07) is 11.9. The van der Waals surface area contributed by atoms with Crippen molar-refractivity contribution in [1.29, 1.82) is 0 Å². The molecule has 1 aromatic heterocycles. The highest BCUT2D eigenvalue weighted by Crippen LogP contribution is 2.11. The molecule has 0 saturated heterocycles. The summed E-state index contributed by atoms with van der Waals surface area (Å²) in [6.07, 6.45) is 0.401. The molecule has 2 rings (SSSR count). The molecule has 0 unspecified atom stereocenters. The van der Waals surface area contributed by atoms with Crippen LogP contribution in [0.3, 0.4) is 0 Å². The second-order valence-corrected chi connectivity index (χ2v) is 3.99. The number of pyridine rings is 1. The van der Waals surface area contributed by atoms with Crippen LogP contribution in [0.5, 0.6) is 0 Å². The molecule has 0 radical (unpaired) electrons. The van der Waals surface area contributed by atoms with Gasteiger partial charge in [-0.2, -0.15) is 0 Å². The first-order valence-electron chi connectivity index (χ1n) is 5.86. The van der Waals surface area contributed by atoms with Gasteiger partial charge in [0.25, 0.3) is 0 Å². The molecule has 0 aliphatic carbocycles. The van der Waals surface area contributed by atoms with Crippen LogP contribution >= 0.6 is 0 Å². The van der Waals surface area contributed by atoms with Gasteiger partial charge in [-0.15, -0.1) is 0 Å². The topological polar surface area (TPSA) is 42.0 Å². The van der Waals surface area contributed by atoms with Crippen molar-refractivity contribution in [2.75, 3.05) is 13.1 Å². The largest absolute Gasteiger partial charge is 0.310 e. The molecule has 0 aliphatic rings. The number of hydrogen-bond acceptors (Lipinski definition) is 3. The minimum atomic E-state index is 0.176. The van der Waals surface area contributed by atoms with Gasteiger partial charge >= 0.3 is 0 Å². The van der Waals surface area contributed by atoms with E-state index in [1.807, 2.05) is 43.3 Å². The maximum atomic E-state index is 11.6. The fourth-order valence-electron chi connectivity index (χ4n) is 1.74. The highest BCUT2D eigenvalue weighted by molar-refractivity contribution is 5.84. The molecular weight excluding hydrogens is 212 g/mol. The minimum Gasteiger partial charge on any atom is -0.310 e. The SMILES string of the molecule is CCNCC(=O)Cc1ccc2ccccc2n1. The first kappa shape index (κ1) is 11.7. The van der Waals surface area contributed by atoms with E-state index in [0.29, 0.717) is 13.0 Å². The van der Waals surface area contributed by atoms with Gasteiger partial charge < -0.3 is 5.32 Å². The van der Waals surface area contributed by atoms with Crippen LogP contribution in [0, 0.1) is 0 Å². The Bertz CT molecular complexity index is 522. The van der Waals surface area contributed by atoms with E-state index in [0.717, 1.165) is 23.1 Å². The van der Waals surface area contributed by atoms with Gasteiger partial charge in [0.2, 0.25) is 0 Å². The van der Waals surface area contributed by atoms with Gasteiger partial charge in [-0.25, -0.2) is 0 Å². The number of para-hydroxylation sites is 1. The van der Waals surface area contributed by atoms with E-state index in [4.69, 9.17) is 0 Å². The summed E-state index contributed by atoms with van der Waals surface area (Å²) < 4.78 is 0. The smallest absolute Gasteiger partial charge is 0.152 e. The predicted molar refractivity (Wildman–Crippen MR) is 69.0 cm³/mol. The molecule has 1 aromatic carbocycles. The average Bonchev–Trinajstić information content (AvgIpc) is 2.36. The lowest BCUT2D eigenvalue weighted by Crippen LogP contribution is -2.24. The summed E-state index contributed by atoms with van der Waals surface area (Å²) in [5.74, 6) is 0.176. The Balaban J connectivity index is 2.11. The predicted octanol–water partition coefficient (Wildman–Crippen LogP) is 1.96. The van der Waals surface area contributed by atoms with Crippen LogP contribution < -0.4 is 5.32 Å². The second kappa shape index (κ2) is 5.55. The maximum Gasteiger partial charge on any atom is 0.152 e. The standard InChI is InChI=1S/C14H16N2O/c1-2-15-10-13(17)9-12-8-7-11-5-3-4-6-14(11)16-12/h3-8,15H,2,9-10H2,1H3. The van der Waals surface area contributed by atoms with Crippen molar-refractivity contribution in [3.05, 3.63) is 42.1 Å². The number of hydrogen-bond donors (Lipinski definition) is 1. The lowest BCUT2D eigenvalue weighted by molar-refractivity contribution is -0.117. The molecule has 17 heavy (non-hydrogen) atoms. The molecule has 88 valence electrons. The third kappa shape index (κ3) is 3.11. The van der Waals surface area contributed by atoms with Crippen molar-refractivity contribution in [1.82, 2.24) is 10.3 Å². The van der Waals surface area contributed by atoms with E-state index >= 15 is 0 Å². The van der Waals surface area contributed by atoms with Gasteiger partial charge in [0.15, 0.2) is 5.78 Å². The molecule has 1 N–H and O–H groups in total. The molecule has 0 saturated carbocycles. The van der Waals surface area contributed by atoms with E-state index in [9.17, 15) is 4.79 Å². The monoisotopic (exact) mass is 228 g/mol. The van der Waals surface area contributed by atoms with Crippen LogP contribution in [-0.2, 0) is 11.2 Å². The van der Waals surface area contributed by atoms with Crippen molar-refractivity contribution in [2.24, 2.45) is 0 Å².